The molecule has 0 aromatic heterocycles. The third-order valence-electron chi connectivity index (χ3n) is 3.28. The number of amides is 1. The van der Waals surface area contributed by atoms with E-state index in [0.29, 0.717) is 22.6 Å². The first-order valence-electron chi connectivity index (χ1n) is 6.54. The number of carbonyl (C=O) groups excluding carboxylic acids is 1. The van der Waals surface area contributed by atoms with Gasteiger partial charge < -0.3 is 20.1 Å². The molecular formula is C14H20BNO5S2. The molecule has 1 atom stereocenters. The maximum atomic E-state index is 11.6. The topological polar surface area (TPSA) is 95.9 Å². The Morgan fingerprint density at radius 2 is 2.13 bits per heavy atom. The van der Waals surface area contributed by atoms with Gasteiger partial charge in [0, 0.05) is 4.90 Å². The Hall–Kier alpha value is -1.32. The second-order valence-electron chi connectivity index (χ2n) is 4.76. The van der Waals surface area contributed by atoms with E-state index >= 15 is 0 Å². The van der Waals surface area contributed by atoms with Crippen molar-refractivity contribution in [3.8, 4) is 5.75 Å². The van der Waals surface area contributed by atoms with Crippen LogP contribution in [-0.2, 0) is 11.2 Å². The van der Waals surface area contributed by atoms with E-state index in [1.54, 1.807) is 18.4 Å². The van der Waals surface area contributed by atoms with Crippen LogP contribution in [0.2, 0.25) is 0 Å². The maximum Gasteiger partial charge on any atom is 0.547 e. The van der Waals surface area contributed by atoms with Crippen molar-refractivity contribution in [1.82, 2.24) is 5.32 Å². The molecule has 1 aliphatic rings. The molecule has 1 aromatic rings. The van der Waals surface area contributed by atoms with E-state index in [0.717, 1.165) is 0 Å². The summed E-state index contributed by atoms with van der Waals surface area (Å²) in [7, 11) is -1.27. The number of fused-ring (bicyclic) bond motifs is 1. The highest BCUT2D eigenvalue weighted by atomic mass is 32.2. The third-order valence-corrected chi connectivity index (χ3v) is 4.61. The van der Waals surface area contributed by atoms with Gasteiger partial charge in [-0.15, -0.1) is 11.8 Å². The summed E-state index contributed by atoms with van der Waals surface area (Å²) in [6.07, 6.45) is 3.91. The van der Waals surface area contributed by atoms with E-state index in [1.165, 1.54) is 23.5 Å². The Kier molecular flexibility index (Phi) is 7.30. The SMILES string of the molecule is C.CSCC(=O)NC1Cc2ccc(SC)c(C(=O)O)c2OB1O. The molecule has 0 radical (unpaired) electrons. The molecule has 0 fully saturated rings. The van der Waals surface area contributed by atoms with Gasteiger partial charge in [0.15, 0.2) is 0 Å². The second kappa shape index (κ2) is 8.51. The largest absolute Gasteiger partial charge is 0.547 e. The van der Waals surface area contributed by atoms with Crippen LogP contribution in [0.1, 0.15) is 23.3 Å². The van der Waals surface area contributed by atoms with Crippen molar-refractivity contribution in [2.45, 2.75) is 24.7 Å². The van der Waals surface area contributed by atoms with Crippen molar-refractivity contribution < 1.29 is 24.4 Å². The summed E-state index contributed by atoms with van der Waals surface area (Å²) < 4.78 is 5.40. The van der Waals surface area contributed by atoms with Crippen LogP contribution in [-0.4, -0.2) is 53.3 Å². The van der Waals surface area contributed by atoms with Crippen molar-refractivity contribution >= 4 is 42.5 Å². The second-order valence-corrected chi connectivity index (χ2v) is 6.47. The minimum atomic E-state index is -1.27. The summed E-state index contributed by atoms with van der Waals surface area (Å²) in [5.41, 5.74) is 0.716. The molecular weight excluding hydrogens is 337 g/mol. The Bertz CT molecular complexity index is 599. The van der Waals surface area contributed by atoms with E-state index in [1.807, 2.05) is 6.26 Å². The summed E-state index contributed by atoms with van der Waals surface area (Å²) in [5.74, 6) is -1.40. The van der Waals surface area contributed by atoms with Gasteiger partial charge in [0.1, 0.15) is 11.3 Å². The molecule has 0 bridgehead atoms. The molecule has 1 aliphatic heterocycles. The highest BCUT2D eigenvalue weighted by molar-refractivity contribution is 7.99. The number of carbonyl (C=O) groups is 2. The molecule has 23 heavy (non-hydrogen) atoms. The standard InChI is InChI=1S/C13H16BNO5S2.CH4/c1-21-6-10(16)15-9-5-7-3-4-8(22-2)11(13(17)18)12(7)20-14(9)19;/h3-4,9,19H,5-6H2,1-2H3,(H,15,16)(H,17,18);1H4. The Labute approximate surface area is 144 Å². The van der Waals surface area contributed by atoms with Crippen LogP contribution in [0, 0.1) is 0 Å². The summed E-state index contributed by atoms with van der Waals surface area (Å²) in [5, 5.41) is 22.1. The fourth-order valence-electron chi connectivity index (χ4n) is 2.32. The smallest absolute Gasteiger partial charge is 0.534 e. The lowest BCUT2D eigenvalue weighted by Crippen LogP contribution is -2.53. The molecule has 1 amide bonds. The van der Waals surface area contributed by atoms with Gasteiger partial charge in [0.05, 0.1) is 11.7 Å². The third kappa shape index (κ3) is 4.36. The molecule has 1 unspecified atom stereocenters. The van der Waals surface area contributed by atoms with E-state index in [9.17, 15) is 19.7 Å². The van der Waals surface area contributed by atoms with E-state index in [2.05, 4.69) is 5.32 Å². The monoisotopic (exact) mass is 357 g/mol. The Morgan fingerprint density at radius 3 is 2.70 bits per heavy atom. The normalized spacial score (nSPS) is 16.0. The molecule has 2 rings (SSSR count). The van der Waals surface area contributed by atoms with E-state index < -0.39 is 19.0 Å². The lowest BCUT2D eigenvalue weighted by Gasteiger charge is -2.29. The van der Waals surface area contributed by atoms with Gasteiger partial charge in [0.25, 0.3) is 0 Å². The molecule has 6 nitrogen and oxygen atoms in total. The summed E-state index contributed by atoms with van der Waals surface area (Å²) in [6.45, 7) is 0. The molecule has 0 aliphatic carbocycles. The lowest BCUT2D eigenvalue weighted by molar-refractivity contribution is -0.118. The van der Waals surface area contributed by atoms with Gasteiger partial charge in [-0.3, -0.25) is 4.79 Å². The minimum Gasteiger partial charge on any atom is -0.534 e. The van der Waals surface area contributed by atoms with Gasteiger partial charge >= 0.3 is 13.1 Å². The molecule has 0 saturated carbocycles. The van der Waals surface area contributed by atoms with Gasteiger partial charge in [-0.1, -0.05) is 13.5 Å². The van der Waals surface area contributed by atoms with Crippen LogP contribution >= 0.6 is 23.5 Å². The molecule has 0 spiro atoms. The first-order valence-corrected chi connectivity index (χ1v) is 9.16. The Morgan fingerprint density at radius 1 is 1.43 bits per heavy atom. The number of carboxylic acid groups (broad SMARTS) is 1. The Balaban J connectivity index is 0.00000264. The zero-order chi connectivity index (χ0) is 16.3. The van der Waals surface area contributed by atoms with Crippen LogP contribution in [0.15, 0.2) is 17.0 Å². The number of hydrogen-bond donors (Lipinski definition) is 3. The van der Waals surface area contributed by atoms with Crippen molar-refractivity contribution in [3.63, 3.8) is 0 Å². The highest BCUT2D eigenvalue weighted by Crippen LogP contribution is 2.36. The maximum absolute atomic E-state index is 11.6. The van der Waals surface area contributed by atoms with Gasteiger partial charge in [-0.05, 0) is 30.6 Å². The van der Waals surface area contributed by atoms with Crippen LogP contribution in [0.4, 0.5) is 0 Å². The van der Waals surface area contributed by atoms with Crippen molar-refractivity contribution in [1.29, 1.82) is 0 Å². The van der Waals surface area contributed by atoms with E-state index in [-0.39, 0.29) is 24.6 Å². The van der Waals surface area contributed by atoms with Crippen LogP contribution in [0.25, 0.3) is 0 Å². The van der Waals surface area contributed by atoms with Gasteiger partial charge in [0.2, 0.25) is 5.91 Å². The first kappa shape index (κ1) is 19.7. The lowest BCUT2D eigenvalue weighted by atomic mass is 9.72. The van der Waals surface area contributed by atoms with Crippen molar-refractivity contribution in [2.75, 3.05) is 18.3 Å². The number of thioether (sulfide) groups is 2. The molecule has 1 heterocycles. The van der Waals surface area contributed by atoms with Crippen LogP contribution in [0.3, 0.4) is 0 Å². The summed E-state index contributed by atoms with van der Waals surface area (Å²) in [6, 6.07) is 3.49. The van der Waals surface area contributed by atoms with Crippen molar-refractivity contribution in [3.05, 3.63) is 23.3 Å². The minimum absolute atomic E-state index is 0. The number of carboxylic acids is 1. The predicted molar refractivity (Wildman–Crippen MR) is 94.5 cm³/mol. The highest BCUT2D eigenvalue weighted by Gasteiger charge is 2.38. The quantitative estimate of drug-likeness (QED) is 0.543. The number of hydrogen-bond acceptors (Lipinski definition) is 6. The fraction of sp³-hybridized carbons (Fsp3) is 0.429. The molecule has 0 saturated heterocycles. The number of benzene rings is 1. The first-order chi connectivity index (χ1) is 10.5. The molecule has 126 valence electrons. The molecule has 1 aromatic carbocycles. The number of rotatable bonds is 5. The number of aromatic carboxylic acids is 1. The fourth-order valence-corrected chi connectivity index (χ4v) is 3.25. The summed E-state index contributed by atoms with van der Waals surface area (Å²) >= 11 is 2.68. The zero-order valence-electron chi connectivity index (χ0n) is 12.2. The predicted octanol–water partition coefficient (Wildman–Crippen LogP) is 1.55. The van der Waals surface area contributed by atoms with Gasteiger partial charge in [-0.2, -0.15) is 11.8 Å². The number of nitrogens with one attached hydrogen (secondary N) is 1. The molecule has 9 heteroatoms. The average Bonchev–Trinajstić information content (AvgIpc) is 2.46. The molecule has 3 N–H and O–H groups in total. The zero-order valence-corrected chi connectivity index (χ0v) is 13.8. The van der Waals surface area contributed by atoms with Crippen molar-refractivity contribution in [2.24, 2.45) is 0 Å². The van der Waals surface area contributed by atoms with E-state index in [4.69, 9.17) is 4.65 Å². The van der Waals surface area contributed by atoms with Crippen LogP contribution in [0.5, 0.6) is 5.75 Å². The van der Waals surface area contributed by atoms with Gasteiger partial charge in [-0.25, -0.2) is 4.79 Å². The average molecular weight is 357 g/mol. The summed E-state index contributed by atoms with van der Waals surface area (Å²) in [4.78, 5) is 23.7. The van der Waals surface area contributed by atoms with Crippen LogP contribution < -0.4 is 9.97 Å².